The SMILES string of the molecule is Cc1ccc2c(c1)CC(F)C(C)C2F. The number of rotatable bonds is 0. The van der Waals surface area contributed by atoms with Crippen molar-refractivity contribution >= 4 is 0 Å². The predicted molar refractivity (Wildman–Crippen MR) is 52.8 cm³/mol. The first-order chi connectivity index (χ1) is 6.59. The van der Waals surface area contributed by atoms with Crippen LogP contribution in [0, 0.1) is 12.8 Å². The molecule has 0 amide bonds. The standard InChI is InChI=1S/C12H14F2/c1-7-3-4-10-9(5-7)6-11(13)8(2)12(10)14/h3-5,8,11-12H,6H2,1-2H3. The van der Waals surface area contributed by atoms with Crippen LogP contribution in [0.3, 0.4) is 0 Å². The Balaban J connectivity index is 2.45. The molecule has 1 aliphatic rings. The summed E-state index contributed by atoms with van der Waals surface area (Å²) < 4.78 is 27.1. The number of hydrogen-bond donors (Lipinski definition) is 0. The maximum Gasteiger partial charge on any atom is 0.131 e. The van der Waals surface area contributed by atoms with E-state index in [0.29, 0.717) is 12.0 Å². The number of alkyl halides is 2. The normalized spacial score (nSPS) is 31.3. The maximum atomic E-state index is 13.7. The summed E-state index contributed by atoms with van der Waals surface area (Å²) in [7, 11) is 0. The quantitative estimate of drug-likeness (QED) is 0.595. The number of halogens is 2. The third-order valence-corrected chi connectivity index (χ3v) is 3.04. The predicted octanol–water partition coefficient (Wildman–Crippen LogP) is 3.54. The Kier molecular flexibility index (Phi) is 2.30. The van der Waals surface area contributed by atoms with Gasteiger partial charge < -0.3 is 0 Å². The van der Waals surface area contributed by atoms with Gasteiger partial charge in [0.2, 0.25) is 0 Å². The van der Waals surface area contributed by atoms with Crippen LogP contribution in [0.1, 0.15) is 29.8 Å². The second-order valence-electron chi connectivity index (χ2n) is 4.18. The molecule has 0 saturated carbocycles. The fraction of sp³-hybridized carbons (Fsp3) is 0.500. The largest absolute Gasteiger partial charge is 0.247 e. The summed E-state index contributed by atoms with van der Waals surface area (Å²) in [6, 6.07) is 5.56. The molecule has 3 unspecified atom stereocenters. The van der Waals surface area contributed by atoms with Crippen LogP contribution < -0.4 is 0 Å². The lowest BCUT2D eigenvalue weighted by Crippen LogP contribution is -2.26. The lowest BCUT2D eigenvalue weighted by molar-refractivity contribution is 0.124. The van der Waals surface area contributed by atoms with E-state index in [1.807, 2.05) is 19.1 Å². The van der Waals surface area contributed by atoms with E-state index in [4.69, 9.17) is 0 Å². The highest BCUT2D eigenvalue weighted by molar-refractivity contribution is 5.36. The maximum absolute atomic E-state index is 13.7. The molecule has 2 heteroatoms. The second kappa shape index (κ2) is 3.34. The molecular weight excluding hydrogens is 182 g/mol. The first-order valence-electron chi connectivity index (χ1n) is 4.97. The first-order valence-corrected chi connectivity index (χ1v) is 4.97. The smallest absolute Gasteiger partial charge is 0.131 e. The van der Waals surface area contributed by atoms with Crippen molar-refractivity contribution in [1.29, 1.82) is 0 Å². The molecule has 0 bridgehead atoms. The monoisotopic (exact) mass is 196 g/mol. The van der Waals surface area contributed by atoms with Crippen molar-refractivity contribution in [3.05, 3.63) is 34.9 Å². The Morgan fingerprint density at radius 2 is 2.00 bits per heavy atom. The van der Waals surface area contributed by atoms with Gasteiger partial charge in [0.15, 0.2) is 0 Å². The van der Waals surface area contributed by atoms with E-state index in [1.165, 1.54) is 0 Å². The number of aryl methyl sites for hydroxylation is 1. The van der Waals surface area contributed by atoms with Gasteiger partial charge in [0.1, 0.15) is 12.3 Å². The van der Waals surface area contributed by atoms with Crippen LogP contribution in [0.25, 0.3) is 0 Å². The van der Waals surface area contributed by atoms with Crippen LogP contribution in [0.2, 0.25) is 0 Å². The second-order valence-corrected chi connectivity index (χ2v) is 4.18. The van der Waals surface area contributed by atoms with Crippen LogP contribution in [-0.2, 0) is 6.42 Å². The first kappa shape index (κ1) is 9.63. The third kappa shape index (κ3) is 1.43. The van der Waals surface area contributed by atoms with Gasteiger partial charge in [0, 0.05) is 12.3 Å². The van der Waals surface area contributed by atoms with Crippen molar-refractivity contribution in [2.45, 2.75) is 32.6 Å². The lowest BCUT2D eigenvalue weighted by atomic mass is 9.81. The van der Waals surface area contributed by atoms with Crippen LogP contribution in [0.5, 0.6) is 0 Å². The molecule has 3 atom stereocenters. The highest BCUT2D eigenvalue weighted by atomic mass is 19.1. The molecule has 1 aromatic carbocycles. The van der Waals surface area contributed by atoms with E-state index in [0.717, 1.165) is 11.1 Å². The van der Waals surface area contributed by atoms with Crippen LogP contribution in [0.15, 0.2) is 18.2 Å². The van der Waals surface area contributed by atoms with Gasteiger partial charge in [-0.25, -0.2) is 8.78 Å². The fourth-order valence-corrected chi connectivity index (χ4v) is 2.04. The van der Waals surface area contributed by atoms with E-state index in [2.05, 4.69) is 0 Å². The van der Waals surface area contributed by atoms with E-state index >= 15 is 0 Å². The van der Waals surface area contributed by atoms with E-state index in [9.17, 15) is 8.78 Å². The minimum absolute atomic E-state index is 0.360. The van der Waals surface area contributed by atoms with Crippen LogP contribution in [-0.4, -0.2) is 6.17 Å². The summed E-state index contributed by atoms with van der Waals surface area (Å²) in [4.78, 5) is 0. The van der Waals surface area contributed by atoms with Crippen molar-refractivity contribution in [3.63, 3.8) is 0 Å². The summed E-state index contributed by atoms with van der Waals surface area (Å²) >= 11 is 0. The number of hydrogen-bond acceptors (Lipinski definition) is 0. The van der Waals surface area contributed by atoms with Crippen molar-refractivity contribution in [2.24, 2.45) is 5.92 Å². The summed E-state index contributed by atoms with van der Waals surface area (Å²) in [6.45, 7) is 3.58. The zero-order chi connectivity index (χ0) is 10.3. The summed E-state index contributed by atoms with van der Waals surface area (Å²) in [5.74, 6) is -0.509. The molecule has 1 aromatic rings. The summed E-state index contributed by atoms with van der Waals surface area (Å²) in [5.41, 5.74) is 2.58. The summed E-state index contributed by atoms with van der Waals surface area (Å²) in [5, 5.41) is 0. The van der Waals surface area contributed by atoms with Gasteiger partial charge in [-0.15, -0.1) is 0 Å². The van der Waals surface area contributed by atoms with E-state index in [-0.39, 0.29) is 0 Å². The Morgan fingerprint density at radius 1 is 1.29 bits per heavy atom. The van der Waals surface area contributed by atoms with Gasteiger partial charge in [-0.2, -0.15) is 0 Å². The molecule has 0 aliphatic heterocycles. The van der Waals surface area contributed by atoms with Gasteiger partial charge in [-0.1, -0.05) is 30.7 Å². The molecule has 0 nitrogen and oxygen atoms in total. The number of fused-ring (bicyclic) bond motifs is 1. The molecule has 0 spiro atoms. The highest BCUT2D eigenvalue weighted by Gasteiger charge is 2.33. The molecule has 2 rings (SSSR count). The molecule has 14 heavy (non-hydrogen) atoms. The Bertz CT molecular complexity index is 346. The molecule has 0 radical (unpaired) electrons. The average Bonchev–Trinajstić information content (AvgIpc) is 2.14. The minimum atomic E-state index is -1.14. The van der Waals surface area contributed by atoms with Gasteiger partial charge in [-0.05, 0) is 18.1 Å². The Labute approximate surface area is 82.9 Å². The topological polar surface area (TPSA) is 0 Å². The molecule has 0 N–H and O–H groups in total. The average molecular weight is 196 g/mol. The molecule has 1 aliphatic carbocycles. The third-order valence-electron chi connectivity index (χ3n) is 3.04. The lowest BCUT2D eigenvalue weighted by Gasteiger charge is -2.29. The van der Waals surface area contributed by atoms with Crippen molar-refractivity contribution in [1.82, 2.24) is 0 Å². The molecule has 0 heterocycles. The van der Waals surface area contributed by atoms with Crippen molar-refractivity contribution in [2.75, 3.05) is 0 Å². The molecule has 0 fully saturated rings. The Hall–Kier alpha value is -0.920. The van der Waals surface area contributed by atoms with Crippen LogP contribution in [0.4, 0.5) is 8.78 Å². The fourth-order valence-electron chi connectivity index (χ4n) is 2.04. The van der Waals surface area contributed by atoms with Gasteiger partial charge in [0.05, 0.1) is 0 Å². The van der Waals surface area contributed by atoms with E-state index < -0.39 is 18.3 Å². The summed E-state index contributed by atoms with van der Waals surface area (Å²) in [6.07, 6.45) is -1.83. The molecular formula is C12H14F2. The number of benzene rings is 1. The molecule has 0 saturated heterocycles. The van der Waals surface area contributed by atoms with Gasteiger partial charge in [-0.3, -0.25) is 0 Å². The van der Waals surface area contributed by atoms with Crippen molar-refractivity contribution in [3.8, 4) is 0 Å². The zero-order valence-electron chi connectivity index (χ0n) is 8.43. The Morgan fingerprint density at radius 3 is 2.71 bits per heavy atom. The minimum Gasteiger partial charge on any atom is -0.247 e. The molecule has 0 aromatic heterocycles. The van der Waals surface area contributed by atoms with Crippen LogP contribution >= 0.6 is 0 Å². The van der Waals surface area contributed by atoms with Gasteiger partial charge in [0.25, 0.3) is 0 Å². The zero-order valence-corrected chi connectivity index (χ0v) is 8.43. The van der Waals surface area contributed by atoms with Crippen molar-refractivity contribution < 1.29 is 8.78 Å². The highest BCUT2D eigenvalue weighted by Crippen LogP contribution is 2.38. The van der Waals surface area contributed by atoms with E-state index in [1.54, 1.807) is 13.0 Å². The molecule has 76 valence electrons. The van der Waals surface area contributed by atoms with Gasteiger partial charge >= 0.3 is 0 Å².